The van der Waals surface area contributed by atoms with E-state index in [9.17, 15) is 9.59 Å². The number of carbonyl (C=O) groups excluding carboxylic acids is 2. The summed E-state index contributed by atoms with van der Waals surface area (Å²) in [5.74, 6) is 0.443. The minimum atomic E-state index is -0.588. The van der Waals surface area contributed by atoms with Crippen molar-refractivity contribution in [3.8, 4) is 5.75 Å². The van der Waals surface area contributed by atoms with E-state index in [2.05, 4.69) is 15.5 Å². The number of carbonyl (C=O) groups is 2. The summed E-state index contributed by atoms with van der Waals surface area (Å²) in [4.78, 5) is 28.0. The van der Waals surface area contributed by atoms with Crippen LogP contribution in [0.25, 0.3) is 0 Å². The zero-order valence-electron chi connectivity index (χ0n) is 18.9. The molecule has 6 nitrogen and oxygen atoms in total. The Hall–Kier alpha value is -3.02. The van der Waals surface area contributed by atoms with Gasteiger partial charge in [0, 0.05) is 24.7 Å². The van der Waals surface area contributed by atoms with Crippen molar-refractivity contribution in [2.24, 2.45) is 5.92 Å². The van der Waals surface area contributed by atoms with Gasteiger partial charge in [-0.2, -0.15) is 0 Å². The van der Waals surface area contributed by atoms with Crippen LogP contribution < -0.4 is 20.3 Å². The van der Waals surface area contributed by atoms with Gasteiger partial charge < -0.3 is 20.3 Å². The number of hydrogen-bond acceptors (Lipinski definition) is 4. The molecule has 2 aromatic rings. The first-order chi connectivity index (χ1) is 14.9. The van der Waals surface area contributed by atoms with Crippen molar-refractivity contribution in [1.82, 2.24) is 10.6 Å². The van der Waals surface area contributed by atoms with Crippen LogP contribution in [0.1, 0.15) is 42.6 Å². The van der Waals surface area contributed by atoms with Crippen LogP contribution in [0.2, 0.25) is 0 Å². The van der Waals surface area contributed by atoms with E-state index >= 15 is 0 Å². The molecule has 1 aliphatic heterocycles. The molecule has 0 radical (unpaired) electrons. The molecule has 6 heteroatoms. The molecule has 0 bridgehead atoms. The Bertz CT molecular complexity index is 895. The van der Waals surface area contributed by atoms with Crippen LogP contribution in [0.15, 0.2) is 48.5 Å². The summed E-state index contributed by atoms with van der Waals surface area (Å²) in [6.45, 7) is 7.50. The zero-order valence-corrected chi connectivity index (χ0v) is 18.9. The fourth-order valence-electron chi connectivity index (χ4n) is 3.96. The van der Waals surface area contributed by atoms with E-state index in [4.69, 9.17) is 4.74 Å². The van der Waals surface area contributed by atoms with Crippen molar-refractivity contribution in [2.75, 3.05) is 25.1 Å². The fraction of sp³-hybridized carbons (Fsp3) is 0.440. The number of hydrogen-bond donors (Lipinski definition) is 2. The highest BCUT2D eigenvalue weighted by molar-refractivity contribution is 5.97. The normalized spacial score (nSPS) is 17.2. The third-order valence-corrected chi connectivity index (χ3v) is 5.74. The number of methoxy groups -OCH3 is 1. The smallest absolute Gasteiger partial charge is 0.251 e. The average molecular weight is 424 g/mol. The lowest BCUT2D eigenvalue weighted by molar-refractivity contribution is -0.124. The predicted octanol–water partition coefficient (Wildman–Crippen LogP) is 3.54. The van der Waals surface area contributed by atoms with E-state index in [1.807, 2.05) is 57.2 Å². The van der Waals surface area contributed by atoms with Crippen molar-refractivity contribution in [1.29, 1.82) is 0 Å². The van der Waals surface area contributed by atoms with Crippen molar-refractivity contribution in [3.05, 3.63) is 59.7 Å². The third kappa shape index (κ3) is 5.78. The summed E-state index contributed by atoms with van der Waals surface area (Å²) in [6, 6.07) is 14.7. The molecule has 166 valence electrons. The lowest BCUT2D eigenvalue weighted by atomic mass is 10.00. The molecule has 31 heavy (non-hydrogen) atoms. The molecular formula is C25H33N3O3. The minimum absolute atomic E-state index is 0.0173. The predicted molar refractivity (Wildman–Crippen MR) is 124 cm³/mol. The highest BCUT2D eigenvalue weighted by Crippen LogP contribution is 2.29. The fourth-order valence-corrected chi connectivity index (χ4v) is 3.96. The highest BCUT2D eigenvalue weighted by atomic mass is 16.5. The standard InChI is InChI=1S/C25H33N3O3/c1-17(2)23(27-24(29)19-13-11-18(3)12-14-19)25(30)26-20-8-7-15-28(16-20)21-9-5-6-10-22(21)31-4/h5-6,9-14,17,20,23H,7-8,15-16H2,1-4H3,(H,26,30)(H,27,29). The number of benzene rings is 2. The Morgan fingerprint density at radius 1 is 1.10 bits per heavy atom. The Morgan fingerprint density at radius 2 is 1.81 bits per heavy atom. The van der Waals surface area contributed by atoms with Gasteiger partial charge in [0.1, 0.15) is 11.8 Å². The van der Waals surface area contributed by atoms with Crippen LogP contribution in [0.4, 0.5) is 5.69 Å². The van der Waals surface area contributed by atoms with Gasteiger partial charge in [-0.05, 0) is 49.9 Å². The summed E-state index contributed by atoms with van der Waals surface area (Å²) in [7, 11) is 1.67. The molecule has 1 heterocycles. The second-order valence-corrected chi connectivity index (χ2v) is 8.53. The number of rotatable bonds is 7. The van der Waals surface area contributed by atoms with Crippen molar-refractivity contribution < 1.29 is 14.3 Å². The highest BCUT2D eigenvalue weighted by Gasteiger charge is 2.29. The number of aryl methyl sites for hydroxylation is 1. The molecule has 2 amide bonds. The van der Waals surface area contributed by atoms with Gasteiger partial charge >= 0.3 is 0 Å². The Morgan fingerprint density at radius 3 is 2.48 bits per heavy atom. The number of para-hydroxylation sites is 2. The summed E-state index contributed by atoms with van der Waals surface area (Å²) >= 11 is 0. The zero-order chi connectivity index (χ0) is 22.4. The van der Waals surface area contributed by atoms with Crippen LogP contribution in [-0.4, -0.2) is 44.1 Å². The Balaban J connectivity index is 1.64. The monoisotopic (exact) mass is 423 g/mol. The maximum atomic E-state index is 13.1. The van der Waals surface area contributed by atoms with Gasteiger partial charge in [-0.25, -0.2) is 0 Å². The quantitative estimate of drug-likeness (QED) is 0.715. The number of amides is 2. The van der Waals surface area contributed by atoms with Gasteiger partial charge in [0.15, 0.2) is 0 Å². The molecule has 1 saturated heterocycles. The van der Waals surface area contributed by atoms with Gasteiger partial charge in [0.05, 0.1) is 12.8 Å². The molecular weight excluding hydrogens is 390 g/mol. The first kappa shape index (κ1) is 22.7. The largest absolute Gasteiger partial charge is 0.495 e. The van der Waals surface area contributed by atoms with E-state index in [1.54, 1.807) is 19.2 Å². The van der Waals surface area contributed by atoms with Gasteiger partial charge in [0.25, 0.3) is 5.91 Å². The van der Waals surface area contributed by atoms with Gasteiger partial charge in [-0.15, -0.1) is 0 Å². The topological polar surface area (TPSA) is 70.7 Å². The molecule has 3 rings (SSSR count). The first-order valence-electron chi connectivity index (χ1n) is 10.9. The third-order valence-electron chi connectivity index (χ3n) is 5.74. The van der Waals surface area contributed by atoms with Crippen LogP contribution in [0, 0.1) is 12.8 Å². The second-order valence-electron chi connectivity index (χ2n) is 8.53. The molecule has 1 aliphatic rings. The minimum Gasteiger partial charge on any atom is -0.495 e. The van der Waals surface area contributed by atoms with E-state index < -0.39 is 6.04 Å². The average Bonchev–Trinajstić information content (AvgIpc) is 2.77. The number of nitrogens with one attached hydrogen (secondary N) is 2. The number of nitrogens with zero attached hydrogens (tertiary/aromatic N) is 1. The molecule has 1 fully saturated rings. The molecule has 0 spiro atoms. The van der Waals surface area contributed by atoms with Crippen molar-refractivity contribution in [3.63, 3.8) is 0 Å². The van der Waals surface area contributed by atoms with Crippen LogP contribution >= 0.6 is 0 Å². The summed E-state index contributed by atoms with van der Waals surface area (Å²) in [5.41, 5.74) is 2.69. The van der Waals surface area contributed by atoms with E-state index in [1.165, 1.54) is 0 Å². The molecule has 0 saturated carbocycles. The van der Waals surface area contributed by atoms with Gasteiger partial charge in [-0.1, -0.05) is 43.7 Å². The van der Waals surface area contributed by atoms with Gasteiger partial charge in [0.2, 0.25) is 5.91 Å². The summed E-state index contributed by atoms with van der Waals surface area (Å²) in [6.07, 6.45) is 1.89. The molecule has 0 aromatic heterocycles. The lowest BCUT2D eigenvalue weighted by Crippen LogP contribution is -2.55. The van der Waals surface area contributed by atoms with Crippen molar-refractivity contribution >= 4 is 17.5 Å². The Kier molecular flexibility index (Phi) is 7.55. The van der Waals surface area contributed by atoms with E-state index in [0.717, 1.165) is 36.4 Å². The van der Waals surface area contributed by atoms with Crippen LogP contribution in [0.5, 0.6) is 5.75 Å². The molecule has 2 N–H and O–H groups in total. The maximum absolute atomic E-state index is 13.1. The molecule has 2 unspecified atom stereocenters. The first-order valence-corrected chi connectivity index (χ1v) is 10.9. The summed E-state index contributed by atoms with van der Waals surface area (Å²) < 4.78 is 5.50. The van der Waals surface area contributed by atoms with Crippen LogP contribution in [0.3, 0.4) is 0 Å². The lowest BCUT2D eigenvalue weighted by Gasteiger charge is -2.36. The maximum Gasteiger partial charge on any atom is 0.251 e. The molecule has 2 aromatic carbocycles. The Labute approximate surface area is 185 Å². The number of piperidine rings is 1. The van der Waals surface area contributed by atoms with E-state index in [-0.39, 0.29) is 23.8 Å². The van der Waals surface area contributed by atoms with Crippen LogP contribution in [-0.2, 0) is 4.79 Å². The van der Waals surface area contributed by atoms with Gasteiger partial charge in [-0.3, -0.25) is 9.59 Å². The summed E-state index contributed by atoms with van der Waals surface area (Å²) in [5, 5.41) is 6.09. The molecule has 2 atom stereocenters. The number of ether oxygens (including phenoxy) is 1. The molecule has 0 aliphatic carbocycles. The number of anilines is 1. The van der Waals surface area contributed by atoms with E-state index in [0.29, 0.717) is 12.1 Å². The second kappa shape index (κ2) is 10.3. The SMILES string of the molecule is COc1ccccc1N1CCCC(NC(=O)C(NC(=O)c2ccc(C)cc2)C(C)C)C1. The van der Waals surface area contributed by atoms with Crippen molar-refractivity contribution in [2.45, 2.75) is 45.7 Å².